The molecule has 0 spiro atoms. The van der Waals surface area contributed by atoms with Crippen molar-refractivity contribution in [1.82, 2.24) is 9.80 Å². The Bertz CT molecular complexity index is 1780. The maximum Gasteiger partial charge on any atom is 0.276 e. The molecule has 5 aromatic carbocycles. The summed E-state index contributed by atoms with van der Waals surface area (Å²) in [7, 11) is -7.69. The average molecular weight is 738 g/mol. The number of amidine groups is 1. The molecule has 0 aliphatic carbocycles. The van der Waals surface area contributed by atoms with Crippen LogP contribution in [-0.2, 0) is 4.79 Å². The van der Waals surface area contributed by atoms with Crippen LogP contribution in [0.2, 0.25) is 0 Å². The molecule has 0 aliphatic rings. The Morgan fingerprint density at radius 2 is 0.827 bits per heavy atom. The molecular formula is C42H45ClN3O5P. The first-order valence-electron chi connectivity index (χ1n) is 17.3. The summed E-state index contributed by atoms with van der Waals surface area (Å²) in [6.45, 7) is 11.0. The van der Waals surface area contributed by atoms with E-state index < -0.39 is 17.5 Å². The lowest BCUT2D eigenvalue weighted by molar-refractivity contribution is -2.00. The largest absolute Gasteiger partial charge is 0.357 e. The number of nitrogens with zero attached hydrogens (tertiary/aromatic N) is 3. The number of rotatable bonds is 12. The van der Waals surface area contributed by atoms with E-state index in [2.05, 4.69) is 146 Å². The smallest absolute Gasteiger partial charge is 0.276 e. The maximum atomic E-state index is 15.2. The highest BCUT2D eigenvalue weighted by atomic mass is 35.7. The number of halogens is 1. The number of hydrogen-bond donors (Lipinski definition) is 0. The molecule has 0 saturated carbocycles. The van der Waals surface area contributed by atoms with Crippen molar-refractivity contribution in [2.75, 3.05) is 26.2 Å². The summed E-state index contributed by atoms with van der Waals surface area (Å²) in [6.07, 6.45) is 0. The van der Waals surface area contributed by atoms with Crippen LogP contribution in [0.25, 0.3) is 5.31 Å². The molecule has 52 heavy (non-hydrogen) atoms. The standard InChI is InChI=1S/C42H45N3OP.ClHO4/c1-5-44(6-2)41(35-26-16-10-17-27-35)43-39(42(46)45(7-3)8-4)40(34-24-14-9-15-25-34)47(36-28-18-11-19-29-36,37-30-20-12-21-31-37)38-32-22-13-23-33-38;2-1(3,4)5/h9-33H,5-8H2,1-4H3;(H,2,3,4,5)/q+1;/p-1. The molecule has 5 rings (SSSR count). The molecule has 0 N–H and O–H groups in total. The van der Waals surface area contributed by atoms with Crippen molar-refractivity contribution >= 4 is 40.2 Å². The number of aliphatic imine (C=N–C) groups is 1. The van der Waals surface area contributed by atoms with Gasteiger partial charge >= 0.3 is 0 Å². The van der Waals surface area contributed by atoms with E-state index in [9.17, 15) is 0 Å². The lowest BCUT2D eigenvalue weighted by Crippen LogP contribution is -2.68. The molecule has 0 bridgehead atoms. The lowest BCUT2D eigenvalue weighted by atomic mass is 10.1. The molecule has 0 fully saturated rings. The van der Waals surface area contributed by atoms with Crippen molar-refractivity contribution in [2.45, 2.75) is 27.7 Å². The molecule has 1 amide bonds. The minimum Gasteiger partial charge on any atom is -0.357 e. The van der Waals surface area contributed by atoms with E-state index in [4.69, 9.17) is 23.6 Å². The van der Waals surface area contributed by atoms with Crippen molar-refractivity contribution in [3.05, 3.63) is 168 Å². The van der Waals surface area contributed by atoms with Gasteiger partial charge in [-0.15, -0.1) is 10.2 Å². The fourth-order valence-electron chi connectivity index (χ4n) is 6.27. The van der Waals surface area contributed by atoms with Gasteiger partial charge < -0.3 is 9.80 Å². The maximum absolute atomic E-state index is 15.2. The normalized spacial score (nSPS) is 12.3. The van der Waals surface area contributed by atoms with E-state index >= 15 is 4.79 Å². The van der Waals surface area contributed by atoms with Gasteiger partial charge in [0.25, 0.3) is 5.91 Å². The zero-order valence-electron chi connectivity index (χ0n) is 30.0. The fraction of sp³-hybridized carbons (Fsp3) is 0.190. The third-order valence-electron chi connectivity index (χ3n) is 8.60. The molecule has 0 radical (unpaired) electrons. The van der Waals surface area contributed by atoms with Crippen molar-refractivity contribution in [1.29, 1.82) is 0 Å². The fourth-order valence-corrected chi connectivity index (χ4v) is 10.8. The SMILES string of the molecule is CCN(CC)C(=O)C(N=C(c1ccccc1)N(CC)CC)=C(c1ccccc1)[P+](c1ccccc1)(c1ccccc1)c1ccccc1.[O-][Cl+3]([O-])([O-])[O-]. The summed E-state index contributed by atoms with van der Waals surface area (Å²) in [5.74, 6) is 0.730. The lowest BCUT2D eigenvalue weighted by Gasteiger charge is -2.32. The van der Waals surface area contributed by atoms with E-state index in [1.54, 1.807) is 0 Å². The van der Waals surface area contributed by atoms with Crippen LogP contribution in [0.4, 0.5) is 0 Å². The predicted molar refractivity (Wildman–Crippen MR) is 202 cm³/mol. The van der Waals surface area contributed by atoms with Crippen molar-refractivity contribution < 1.29 is 33.7 Å². The first-order valence-corrected chi connectivity index (χ1v) is 20.3. The Morgan fingerprint density at radius 3 is 1.15 bits per heavy atom. The molecule has 0 aromatic heterocycles. The second kappa shape index (κ2) is 19.3. The average Bonchev–Trinajstić information content (AvgIpc) is 3.17. The van der Waals surface area contributed by atoms with Crippen LogP contribution in [0.3, 0.4) is 0 Å². The molecule has 0 unspecified atom stereocenters. The van der Waals surface area contributed by atoms with Crippen LogP contribution in [0.1, 0.15) is 38.8 Å². The molecule has 10 heteroatoms. The van der Waals surface area contributed by atoms with Gasteiger partial charge in [0, 0.05) is 37.3 Å². The van der Waals surface area contributed by atoms with E-state index in [1.807, 2.05) is 43.0 Å². The van der Waals surface area contributed by atoms with Crippen molar-refractivity contribution in [3.8, 4) is 0 Å². The Balaban J connectivity index is 0.00000113. The summed E-state index contributed by atoms with van der Waals surface area (Å²) in [5, 5.41) is 4.46. The molecule has 0 heterocycles. The van der Waals surface area contributed by atoms with E-state index in [-0.39, 0.29) is 5.91 Å². The van der Waals surface area contributed by atoms with Crippen LogP contribution in [-0.4, -0.2) is 47.7 Å². The number of carbonyl (C=O) groups is 1. The van der Waals surface area contributed by atoms with Crippen LogP contribution < -0.4 is 34.5 Å². The highest BCUT2D eigenvalue weighted by molar-refractivity contribution is 8.03. The highest BCUT2D eigenvalue weighted by Gasteiger charge is 2.53. The van der Waals surface area contributed by atoms with E-state index in [1.165, 1.54) is 15.9 Å². The predicted octanol–water partition coefficient (Wildman–Crippen LogP) is 3.25. The van der Waals surface area contributed by atoms with Gasteiger partial charge in [0.2, 0.25) is 0 Å². The highest BCUT2D eigenvalue weighted by Crippen LogP contribution is 2.67. The first-order chi connectivity index (χ1) is 25.1. The van der Waals surface area contributed by atoms with Gasteiger partial charge in [-0.25, -0.2) is 23.6 Å². The Morgan fingerprint density at radius 1 is 0.519 bits per heavy atom. The molecule has 0 atom stereocenters. The molecular weight excluding hydrogens is 693 g/mol. The summed E-state index contributed by atoms with van der Waals surface area (Å²) in [5.41, 5.74) is 2.45. The molecule has 270 valence electrons. The summed E-state index contributed by atoms with van der Waals surface area (Å²) >= 11 is 0. The minimum atomic E-state index is -4.94. The van der Waals surface area contributed by atoms with Crippen LogP contribution in [0, 0.1) is 10.2 Å². The van der Waals surface area contributed by atoms with Crippen molar-refractivity contribution in [2.24, 2.45) is 4.99 Å². The summed E-state index contributed by atoms with van der Waals surface area (Å²) in [6, 6.07) is 52.9. The van der Waals surface area contributed by atoms with E-state index in [0.29, 0.717) is 18.8 Å². The number of benzene rings is 5. The Kier molecular flexibility index (Phi) is 14.9. The third-order valence-corrected chi connectivity index (χ3v) is 13.0. The summed E-state index contributed by atoms with van der Waals surface area (Å²) in [4.78, 5) is 24.9. The third kappa shape index (κ3) is 9.81. The number of likely N-dealkylation sites (N-methyl/N-ethyl adjacent to an activating group) is 1. The number of hydrogen-bond acceptors (Lipinski definition) is 6. The van der Waals surface area contributed by atoms with Gasteiger partial charge in [0.1, 0.15) is 34.3 Å². The zero-order valence-corrected chi connectivity index (χ0v) is 31.6. The van der Waals surface area contributed by atoms with Crippen LogP contribution >= 0.6 is 7.26 Å². The van der Waals surface area contributed by atoms with Gasteiger partial charge in [0.05, 0.1) is 0 Å². The summed E-state index contributed by atoms with van der Waals surface area (Å²) < 4.78 is 34.0. The van der Waals surface area contributed by atoms with Gasteiger partial charge in [-0.2, -0.15) is 0 Å². The van der Waals surface area contributed by atoms with Crippen LogP contribution in [0.5, 0.6) is 0 Å². The molecule has 8 nitrogen and oxygen atoms in total. The second-order valence-electron chi connectivity index (χ2n) is 11.6. The van der Waals surface area contributed by atoms with Gasteiger partial charge in [0.15, 0.2) is 5.70 Å². The monoisotopic (exact) mass is 737 g/mol. The number of amides is 1. The van der Waals surface area contributed by atoms with Gasteiger partial charge in [-0.1, -0.05) is 115 Å². The van der Waals surface area contributed by atoms with Crippen molar-refractivity contribution in [3.63, 3.8) is 0 Å². The van der Waals surface area contributed by atoms with E-state index in [0.717, 1.165) is 35.4 Å². The quantitative estimate of drug-likeness (QED) is 0.0838. The van der Waals surface area contributed by atoms with Crippen LogP contribution in [0.15, 0.2) is 162 Å². The second-order valence-corrected chi connectivity index (χ2v) is 15.7. The Hall–Kier alpha value is -4.66. The number of carbonyl (C=O) groups excluding carboxylic acids is 1. The minimum absolute atomic E-state index is 0.0680. The zero-order chi connectivity index (χ0) is 37.6. The first kappa shape index (κ1) is 40.1. The van der Waals surface area contributed by atoms with Gasteiger partial charge in [-0.05, 0) is 64.1 Å². The molecule has 5 aromatic rings. The van der Waals surface area contributed by atoms with Gasteiger partial charge in [-0.3, -0.25) is 4.79 Å². The topological polar surface area (TPSA) is 128 Å². The Labute approximate surface area is 310 Å². The molecule has 0 aliphatic heterocycles. The molecule has 0 saturated heterocycles.